The van der Waals surface area contributed by atoms with Gasteiger partial charge in [-0.1, -0.05) is 18.2 Å². The van der Waals surface area contributed by atoms with Gasteiger partial charge in [0.05, 0.1) is 6.10 Å². The van der Waals surface area contributed by atoms with Crippen molar-refractivity contribution in [3.05, 3.63) is 53.9 Å². The van der Waals surface area contributed by atoms with E-state index >= 15 is 0 Å². The minimum atomic E-state index is -0.360. The number of piperidine rings is 1. The van der Waals surface area contributed by atoms with E-state index in [-0.39, 0.29) is 18.9 Å². The van der Waals surface area contributed by atoms with E-state index < -0.39 is 0 Å². The molecule has 0 spiro atoms. The molecule has 0 radical (unpaired) electrons. The second-order valence-corrected chi connectivity index (χ2v) is 7.36. The lowest BCUT2D eigenvalue weighted by molar-refractivity contribution is -0.00639. The Hall–Kier alpha value is -2.15. The first-order valence-corrected chi connectivity index (χ1v) is 9.59. The molecule has 2 aromatic rings. The fourth-order valence-corrected chi connectivity index (χ4v) is 4.00. The van der Waals surface area contributed by atoms with Gasteiger partial charge in [0, 0.05) is 56.1 Å². The van der Waals surface area contributed by atoms with Crippen LogP contribution >= 0.6 is 0 Å². The van der Waals surface area contributed by atoms with E-state index in [4.69, 9.17) is 9.47 Å². The first kappa shape index (κ1) is 18.2. The molecule has 0 bridgehead atoms. The highest BCUT2D eigenvalue weighted by Crippen LogP contribution is 2.36. The van der Waals surface area contributed by atoms with Crippen molar-refractivity contribution in [3.8, 4) is 11.5 Å². The standard InChI is InChI=1S/C21H27N3O3/c1-23(11-8-17-6-2-3-10-22-17)18-9-12-24(14-19(18)25)13-16-5-4-7-20-21(16)27-15-26-20/h2-7,10,18-19,25H,8-9,11-15H2,1H3/t18-,19-/m1/s1. The topological polar surface area (TPSA) is 58.1 Å². The largest absolute Gasteiger partial charge is 0.454 e. The highest BCUT2D eigenvalue weighted by molar-refractivity contribution is 5.48. The summed E-state index contributed by atoms with van der Waals surface area (Å²) in [6, 6.07) is 12.2. The Morgan fingerprint density at radius 2 is 2.15 bits per heavy atom. The van der Waals surface area contributed by atoms with Crippen molar-refractivity contribution < 1.29 is 14.6 Å². The molecule has 144 valence electrons. The zero-order valence-electron chi connectivity index (χ0n) is 15.8. The monoisotopic (exact) mass is 369 g/mol. The number of fused-ring (bicyclic) bond motifs is 1. The van der Waals surface area contributed by atoms with Gasteiger partial charge in [0.15, 0.2) is 11.5 Å². The van der Waals surface area contributed by atoms with Crippen LogP contribution < -0.4 is 9.47 Å². The number of aliphatic hydroxyl groups excluding tert-OH is 1. The minimum absolute atomic E-state index is 0.186. The van der Waals surface area contributed by atoms with Gasteiger partial charge in [0.25, 0.3) is 0 Å². The fraction of sp³-hybridized carbons (Fsp3) is 0.476. The fourth-order valence-electron chi connectivity index (χ4n) is 4.00. The highest BCUT2D eigenvalue weighted by Gasteiger charge is 2.31. The van der Waals surface area contributed by atoms with Gasteiger partial charge in [-0.25, -0.2) is 0 Å². The van der Waals surface area contributed by atoms with Crippen molar-refractivity contribution in [1.29, 1.82) is 0 Å². The zero-order valence-corrected chi connectivity index (χ0v) is 15.8. The van der Waals surface area contributed by atoms with Crippen LogP contribution in [0.2, 0.25) is 0 Å². The number of hydrogen-bond acceptors (Lipinski definition) is 6. The molecule has 1 fully saturated rings. The van der Waals surface area contributed by atoms with Crippen LogP contribution in [0, 0.1) is 0 Å². The molecule has 2 aliphatic heterocycles. The second kappa shape index (κ2) is 8.25. The number of ether oxygens (including phenoxy) is 2. The minimum Gasteiger partial charge on any atom is -0.454 e. The van der Waals surface area contributed by atoms with E-state index in [0.717, 1.165) is 55.2 Å². The molecule has 2 atom stereocenters. The average Bonchev–Trinajstić information content (AvgIpc) is 3.17. The molecule has 6 nitrogen and oxygen atoms in total. The zero-order chi connectivity index (χ0) is 18.6. The Balaban J connectivity index is 1.31. The lowest BCUT2D eigenvalue weighted by atomic mass is 9.99. The van der Waals surface area contributed by atoms with Crippen LogP contribution in [-0.4, -0.2) is 65.5 Å². The predicted octanol–water partition coefficient (Wildman–Crippen LogP) is 1.92. The van der Waals surface area contributed by atoms with Crippen LogP contribution in [0.1, 0.15) is 17.7 Å². The Morgan fingerprint density at radius 3 is 2.96 bits per heavy atom. The van der Waals surface area contributed by atoms with E-state index in [0.29, 0.717) is 6.54 Å². The molecular weight excluding hydrogens is 342 g/mol. The molecule has 0 aliphatic carbocycles. The molecule has 0 unspecified atom stereocenters. The maximum absolute atomic E-state index is 10.7. The first-order chi connectivity index (χ1) is 13.2. The summed E-state index contributed by atoms with van der Waals surface area (Å²) in [6.07, 6.45) is 3.32. The summed E-state index contributed by atoms with van der Waals surface area (Å²) in [7, 11) is 2.10. The van der Waals surface area contributed by atoms with Crippen molar-refractivity contribution in [2.45, 2.75) is 31.5 Å². The number of β-amino-alcohol motifs (C(OH)–C–C–N with tert-alkyl or cyclic N) is 1. The quantitative estimate of drug-likeness (QED) is 0.840. The molecule has 4 rings (SSSR count). The van der Waals surface area contributed by atoms with Crippen LogP contribution in [0.3, 0.4) is 0 Å². The number of likely N-dealkylation sites (N-methyl/N-ethyl adjacent to an activating group) is 1. The predicted molar refractivity (Wildman–Crippen MR) is 103 cm³/mol. The molecule has 1 N–H and O–H groups in total. The summed E-state index contributed by atoms with van der Waals surface area (Å²) in [5.41, 5.74) is 2.22. The molecular formula is C21H27N3O3. The SMILES string of the molecule is CN(CCc1ccccn1)[C@@H]1CCN(Cc2cccc3c2OCO3)C[C@H]1O. The van der Waals surface area contributed by atoms with Crippen molar-refractivity contribution in [2.75, 3.05) is 33.5 Å². The number of likely N-dealkylation sites (tertiary alicyclic amines) is 1. The summed E-state index contributed by atoms with van der Waals surface area (Å²) in [5, 5.41) is 10.7. The number of nitrogens with zero attached hydrogens (tertiary/aromatic N) is 3. The van der Waals surface area contributed by atoms with Crippen LogP contribution in [-0.2, 0) is 13.0 Å². The van der Waals surface area contributed by atoms with E-state index in [1.807, 2.05) is 30.5 Å². The van der Waals surface area contributed by atoms with E-state index in [2.05, 4.69) is 34.0 Å². The van der Waals surface area contributed by atoms with Gasteiger partial charge in [0.1, 0.15) is 0 Å². The summed E-state index contributed by atoms with van der Waals surface area (Å²) in [6.45, 7) is 3.59. The smallest absolute Gasteiger partial charge is 0.231 e. The number of pyridine rings is 1. The molecule has 0 saturated carbocycles. The molecule has 27 heavy (non-hydrogen) atoms. The number of hydrogen-bond donors (Lipinski definition) is 1. The van der Waals surface area contributed by atoms with Crippen molar-refractivity contribution >= 4 is 0 Å². The number of aliphatic hydroxyl groups is 1. The molecule has 6 heteroatoms. The van der Waals surface area contributed by atoms with Crippen LogP contribution in [0.25, 0.3) is 0 Å². The number of rotatable bonds is 6. The third-order valence-corrected chi connectivity index (χ3v) is 5.52. The third kappa shape index (κ3) is 4.24. The average molecular weight is 369 g/mol. The van der Waals surface area contributed by atoms with Crippen LogP contribution in [0.4, 0.5) is 0 Å². The summed E-state index contributed by atoms with van der Waals surface area (Å²) < 4.78 is 11.1. The molecule has 1 aromatic heterocycles. The molecule has 3 heterocycles. The highest BCUT2D eigenvalue weighted by atomic mass is 16.7. The van der Waals surface area contributed by atoms with Gasteiger partial charge in [-0.2, -0.15) is 0 Å². The summed E-state index contributed by atoms with van der Waals surface area (Å²) in [4.78, 5) is 8.95. The van der Waals surface area contributed by atoms with E-state index in [9.17, 15) is 5.11 Å². The summed E-state index contributed by atoms with van der Waals surface area (Å²) in [5.74, 6) is 1.67. The molecule has 2 aliphatic rings. The van der Waals surface area contributed by atoms with Crippen LogP contribution in [0.15, 0.2) is 42.6 Å². The number of benzene rings is 1. The lowest BCUT2D eigenvalue weighted by Gasteiger charge is -2.40. The molecule has 1 saturated heterocycles. The summed E-state index contributed by atoms with van der Waals surface area (Å²) >= 11 is 0. The lowest BCUT2D eigenvalue weighted by Crippen LogP contribution is -2.53. The van der Waals surface area contributed by atoms with E-state index in [1.54, 1.807) is 0 Å². The van der Waals surface area contributed by atoms with Gasteiger partial charge < -0.3 is 19.5 Å². The van der Waals surface area contributed by atoms with Gasteiger partial charge in [-0.3, -0.25) is 9.88 Å². The molecule has 0 amide bonds. The van der Waals surface area contributed by atoms with Gasteiger partial charge >= 0.3 is 0 Å². The van der Waals surface area contributed by atoms with Crippen LogP contribution in [0.5, 0.6) is 11.5 Å². The number of aromatic nitrogens is 1. The maximum Gasteiger partial charge on any atom is 0.231 e. The Kier molecular flexibility index (Phi) is 5.57. The van der Waals surface area contributed by atoms with E-state index in [1.165, 1.54) is 0 Å². The molecule has 1 aromatic carbocycles. The van der Waals surface area contributed by atoms with Crippen molar-refractivity contribution in [3.63, 3.8) is 0 Å². The van der Waals surface area contributed by atoms with Gasteiger partial charge in [-0.15, -0.1) is 0 Å². The Bertz CT molecular complexity index is 756. The Labute approximate surface area is 160 Å². The maximum atomic E-state index is 10.7. The third-order valence-electron chi connectivity index (χ3n) is 5.52. The van der Waals surface area contributed by atoms with Gasteiger partial charge in [0.2, 0.25) is 6.79 Å². The van der Waals surface area contributed by atoms with Crippen molar-refractivity contribution in [2.24, 2.45) is 0 Å². The normalized spacial score (nSPS) is 22.3. The number of para-hydroxylation sites is 1. The van der Waals surface area contributed by atoms with Crippen molar-refractivity contribution in [1.82, 2.24) is 14.8 Å². The second-order valence-electron chi connectivity index (χ2n) is 7.36. The van der Waals surface area contributed by atoms with Gasteiger partial charge in [-0.05, 0) is 31.7 Å². The Morgan fingerprint density at radius 1 is 1.22 bits per heavy atom. The first-order valence-electron chi connectivity index (χ1n) is 9.59.